The largest absolute Gasteiger partial charge is 0.444 e. The minimum atomic E-state index is -0.469. The first kappa shape index (κ1) is 24.6. The van der Waals surface area contributed by atoms with Crippen molar-refractivity contribution >= 4 is 12.0 Å². The number of benzene rings is 1. The molecule has 33 heavy (non-hydrogen) atoms. The number of ether oxygens (including phenoxy) is 1. The SMILES string of the molecule is CC(C)(C)OC(=O)N1CCN(CCCNC(=O)CCCn2nnc(-c3ccccc3)n2)CC1. The molecule has 1 aromatic carbocycles. The number of carbonyl (C=O) groups excluding carboxylic acids is 2. The highest BCUT2D eigenvalue weighted by molar-refractivity contribution is 5.75. The minimum Gasteiger partial charge on any atom is -0.444 e. The Bertz CT molecular complexity index is 887. The van der Waals surface area contributed by atoms with Gasteiger partial charge in [-0.1, -0.05) is 30.3 Å². The molecular formula is C23H35N7O3. The molecule has 1 aliphatic rings. The molecular weight excluding hydrogens is 422 g/mol. The minimum absolute atomic E-state index is 0.0353. The van der Waals surface area contributed by atoms with Gasteiger partial charge in [-0.15, -0.1) is 10.2 Å². The van der Waals surface area contributed by atoms with Gasteiger partial charge in [0.05, 0.1) is 6.54 Å². The summed E-state index contributed by atoms with van der Waals surface area (Å²) >= 11 is 0. The van der Waals surface area contributed by atoms with Crippen molar-refractivity contribution in [1.82, 2.24) is 35.3 Å². The summed E-state index contributed by atoms with van der Waals surface area (Å²) in [5.74, 6) is 0.625. The number of amides is 2. The molecule has 0 atom stereocenters. The van der Waals surface area contributed by atoms with Gasteiger partial charge in [-0.25, -0.2) is 4.79 Å². The number of carbonyl (C=O) groups is 2. The second-order valence-corrected chi connectivity index (χ2v) is 9.19. The van der Waals surface area contributed by atoms with Crippen LogP contribution in [0.25, 0.3) is 11.4 Å². The van der Waals surface area contributed by atoms with Crippen LogP contribution in [0.2, 0.25) is 0 Å². The smallest absolute Gasteiger partial charge is 0.410 e. The van der Waals surface area contributed by atoms with Gasteiger partial charge in [0.15, 0.2) is 0 Å². The zero-order valence-electron chi connectivity index (χ0n) is 19.9. The van der Waals surface area contributed by atoms with Gasteiger partial charge in [-0.3, -0.25) is 9.69 Å². The molecule has 180 valence electrons. The maximum atomic E-state index is 12.1. The number of aromatic nitrogens is 4. The van der Waals surface area contributed by atoms with Gasteiger partial charge in [0.2, 0.25) is 11.7 Å². The Kier molecular flexibility index (Phi) is 8.76. The molecule has 2 amide bonds. The van der Waals surface area contributed by atoms with E-state index in [1.165, 1.54) is 4.80 Å². The van der Waals surface area contributed by atoms with Crippen LogP contribution in [0.3, 0.4) is 0 Å². The molecule has 10 heteroatoms. The van der Waals surface area contributed by atoms with Crippen molar-refractivity contribution in [3.8, 4) is 11.4 Å². The number of aryl methyl sites for hydroxylation is 1. The third kappa shape index (κ3) is 8.45. The van der Waals surface area contributed by atoms with Gasteiger partial charge in [0.25, 0.3) is 0 Å². The Hall–Kier alpha value is -3.01. The van der Waals surface area contributed by atoms with Gasteiger partial charge in [0.1, 0.15) is 5.60 Å². The Morgan fingerprint density at radius 1 is 1.03 bits per heavy atom. The molecule has 0 unspecified atom stereocenters. The van der Waals surface area contributed by atoms with E-state index in [9.17, 15) is 9.59 Å². The molecule has 0 spiro atoms. The number of piperazine rings is 1. The highest BCUT2D eigenvalue weighted by Gasteiger charge is 2.25. The van der Waals surface area contributed by atoms with Crippen molar-refractivity contribution in [2.24, 2.45) is 0 Å². The summed E-state index contributed by atoms with van der Waals surface area (Å²) < 4.78 is 5.43. The topological polar surface area (TPSA) is 105 Å². The second-order valence-electron chi connectivity index (χ2n) is 9.19. The van der Waals surface area contributed by atoms with Crippen LogP contribution in [0.4, 0.5) is 4.79 Å². The third-order valence-corrected chi connectivity index (χ3v) is 5.24. The van der Waals surface area contributed by atoms with E-state index in [0.717, 1.165) is 31.6 Å². The molecule has 0 saturated carbocycles. The first-order valence-electron chi connectivity index (χ1n) is 11.6. The van der Waals surface area contributed by atoms with Gasteiger partial charge >= 0.3 is 6.09 Å². The Morgan fingerprint density at radius 2 is 1.76 bits per heavy atom. The van der Waals surface area contributed by atoms with E-state index in [1.807, 2.05) is 51.1 Å². The number of hydrogen-bond acceptors (Lipinski definition) is 7. The van der Waals surface area contributed by atoms with E-state index in [2.05, 4.69) is 25.6 Å². The van der Waals surface area contributed by atoms with Crippen LogP contribution in [-0.4, -0.2) is 86.9 Å². The van der Waals surface area contributed by atoms with Crippen molar-refractivity contribution in [3.63, 3.8) is 0 Å². The Labute approximate surface area is 195 Å². The van der Waals surface area contributed by atoms with Crippen LogP contribution in [0.15, 0.2) is 30.3 Å². The van der Waals surface area contributed by atoms with Crippen molar-refractivity contribution in [1.29, 1.82) is 0 Å². The average Bonchev–Trinajstić information content (AvgIpc) is 3.25. The van der Waals surface area contributed by atoms with E-state index in [-0.39, 0.29) is 12.0 Å². The third-order valence-electron chi connectivity index (χ3n) is 5.24. The summed E-state index contributed by atoms with van der Waals surface area (Å²) in [5.41, 5.74) is 0.455. The zero-order chi connectivity index (χ0) is 23.7. The molecule has 0 bridgehead atoms. The van der Waals surface area contributed by atoms with Crippen molar-refractivity contribution in [2.75, 3.05) is 39.3 Å². The lowest BCUT2D eigenvalue weighted by Crippen LogP contribution is -2.50. The maximum absolute atomic E-state index is 12.1. The van der Waals surface area contributed by atoms with Crippen LogP contribution in [-0.2, 0) is 16.1 Å². The lowest BCUT2D eigenvalue weighted by molar-refractivity contribution is -0.121. The summed E-state index contributed by atoms with van der Waals surface area (Å²) in [6, 6.07) is 9.69. The highest BCUT2D eigenvalue weighted by Crippen LogP contribution is 2.13. The molecule has 2 heterocycles. The van der Waals surface area contributed by atoms with Crippen LogP contribution < -0.4 is 5.32 Å². The first-order valence-corrected chi connectivity index (χ1v) is 11.6. The first-order chi connectivity index (χ1) is 15.8. The number of rotatable bonds is 9. The summed E-state index contributed by atoms with van der Waals surface area (Å²) in [6.07, 6.45) is 1.72. The predicted molar refractivity (Wildman–Crippen MR) is 124 cm³/mol. The van der Waals surface area contributed by atoms with Gasteiger partial charge in [-0.2, -0.15) is 4.80 Å². The fourth-order valence-electron chi connectivity index (χ4n) is 3.52. The quantitative estimate of drug-likeness (QED) is 0.575. The summed E-state index contributed by atoms with van der Waals surface area (Å²) in [4.78, 5) is 29.8. The molecule has 1 N–H and O–H groups in total. The normalized spacial score (nSPS) is 14.8. The van der Waals surface area contributed by atoms with Crippen LogP contribution in [0.1, 0.15) is 40.0 Å². The molecule has 3 rings (SSSR count). The standard InChI is InChI=1S/C23H35N7O3/c1-23(2,3)33-22(32)29-17-15-28(16-18-29)13-8-12-24-20(31)11-7-14-30-26-21(25-27-30)19-9-5-4-6-10-19/h4-6,9-10H,7-8,11-18H2,1-3H3,(H,24,31). The molecule has 2 aromatic rings. The molecule has 1 aromatic heterocycles. The van der Waals surface area contributed by atoms with E-state index >= 15 is 0 Å². The highest BCUT2D eigenvalue weighted by atomic mass is 16.6. The van der Waals surface area contributed by atoms with Gasteiger partial charge < -0.3 is 15.0 Å². The fourth-order valence-corrected chi connectivity index (χ4v) is 3.52. The monoisotopic (exact) mass is 457 g/mol. The van der Waals surface area contributed by atoms with Crippen LogP contribution in [0.5, 0.6) is 0 Å². The Balaban J connectivity index is 1.24. The molecule has 10 nitrogen and oxygen atoms in total. The molecule has 1 saturated heterocycles. The van der Waals surface area contributed by atoms with E-state index in [1.54, 1.807) is 4.90 Å². The van der Waals surface area contributed by atoms with E-state index in [0.29, 0.717) is 44.8 Å². The van der Waals surface area contributed by atoms with Crippen molar-refractivity contribution in [2.45, 2.75) is 52.2 Å². The maximum Gasteiger partial charge on any atom is 0.410 e. The molecule has 0 radical (unpaired) electrons. The Morgan fingerprint density at radius 3 is 2.45 bits per heavy atom. The van der Waals surface area contributed by atoms with Gasteiger partial charge in [-0.05, 0) is 45.4 Å². The summed E-state index contributed by atoms with van der Waals surface area (Å²) in [7, 11) is 0. The van der Waals surface area contributed by atoms with Crippen LogP contribution >= 0.6 is 0 Å². The predicted octanol–water partition coefficient (Wildman–Crippen LogP) is 2.18. The average molecular weight is 458 g/mol. The van der Waals surface area contributed by atoms with Crippen LogP contribution in [0, 0.1) is 0 Å². The molecule has 1 aliphatic heterocycles. The lowest BCUT2D eigenvalue weighted by Gasteiger charge is -2.35. The fraction of sp³-hybridized carbons (Fsp3) is 0.609. The molecule has 1 fully saturated rings. The van der Waals surface area contributed by atoms with E-state index < -0.39 is 5.60 Å². The number of nitrogens with zero attached hydrogens (tertiary/aromatic N) is 6. The second kappa shape index (κ2) is 11.7. The van der Waals surface area contributed by atoms with Gasteiger partial charge in [0, 0.05) is 44.7 Å². The lowest BCUT2D eigenvalue weighted by atomic mass is 10.2. The molecule has 0 aliphatic carbocycles. The number of nitrogens with one attached hydrogen (secondary N) is 1. The summed E-state index contributed by atoms with van der Waals surface area (Å²) in [6.45, 7) is 10.7. The van der Waals surface area contributed by atoms with Crippen molar-refractivity contribution < 1.29 is 14.3 Å². The zero-order valence-corrected chi connectivity index (χ0v) is 19.9. The van der Waals surface area contributed by atoms with Crippen molar-refractivity contribution in [3.05, 3.63) is 30.3 Å². The summed E-state index contributed by atoms with van der Waals surface area (Å²) in [5, 5.41) is 15.5. The number of hydrogen-bond donors (Lipinski definition) is 1. The number of tetrazole rings is 1. The van der Waals surface area contributed by atoms with E-state index in [4.69, 9.17) is 4.74 Å².